The third kappa shape index (κ3) is 6.29. The summed E-state index contributed by atoms with van der Waals surface area (Å²) in [7, 11) is 0. The first-order valence-corrected chi connectivity index (χ1v) is 7.59. The zero-order valence-electron chi connectivity index (χ0n) is 13.2. The fraction of sp³-hybridized carbons (Fsp3) is 0.222. The molecule has 132 valence electrons. The van der Waals surface area contributed by atoms with Crippen LogP contribution in [-0.2, 0) is 11.2 Å². The lowest BCUT2D eigenvalue weighted by molar-refractivity contribution is -0.139. The highest BCUT2D eigenvalue weighted by atomic mass is 19.4. The number of halogens is 3. The molecule has 0 radical (unpaired) electrons. The molecule has 25 heavy (non-hydrogen) atoms. The van der Waals surface area contributed by atoms with Gasteiger partial charge in [-0.2, -0.15) is 13.2 Å². The predicted octanol–water partition coefficient (Wildman–Crippen LogP) is 2.71. The maximum atomic E-state index is 12.3. The molecule has 0 aliphatic carbocycles. The number of carbonyl (C=O) groups is 2. The Morgan fingerprint density at radius 1 is 0.920 bits per heavy atom. The van der Waals surface area contributed by atoms with E-state index in [1.54, 1.807) is 60.7 Å². The second kappa shape index (κ2) is 8.32. The molecule has 2 aromatic carbocycles. The van der Waals surface area contributed by atoms with Crippen LogP contribution in [0.15, 0.2) is 60.7 Å². The quantitative estimate of drug-likeness (QED) is 0.842. The van der Waals surface area contributed by atoms with Crippen molar-refractivity contribution in [3.63, 3.8) is 0 Å². The molecule has 2 N–H and O–H groups in total. The molecule has 1 unspecified atom stereocenters. The van der Waals surface area contributed by atoms with E-state index in [1.165, 1.54) is 0 Å². The van der Waals surface area contributed by atoms with E-state index in [4.69, 9.17) is 0 Å². The number of carbonyl (C=O) groups excluding carboxylic acids is 2. The van der Waals surface area contributed by atoms with E-state index in [9.17, 15) is 22.8 Å². The number of hydrogen-bond donors (Lipinski definition) is 2. The SMILES string of the molecule is O=C(NC(Cc1ccccc1)C(=O)NCC(F)(F)F)c1ccccc1. The molecular formula is C18H17F3N2O2. The van der Waals surface area contributed by atoms with E-state index in [0.717, 1.165) is 5.56 Å². The van der Waals surface area contributed by atoms with Crippen molar-refractivity contribution >= 4 is 11.8 Å². The zero-order valence-corrected chi connectivity index (χ0v) is 13.2. The molecular weight excluding hydrogens is 333 g/mol. The Kier molecular flexibility index (Phi) is 6.16. The summed E-state index contributed by atoms with van der Waals surface area (Å²) in [5.74, 6) is -1.41. The van der Waals surface area contributed by atoms with Crippen LogP contribution in [0.25, 0.3) is 0 Å². The number of hydrogen-bond acceptors (Lipinski definition) is 2. The molecule has 0 aromatic heterocycles. The molecule has 0 aliphatic rings. The van der Waals surface area contributed by atoms with E-state index in [0.29, 0.717) is 5.56 Å². The summed E-state index contributed by atoms with van der Waals surface area (Å²) in [6.45, 7) is -1.45. The van der Waals surface area contributed by atoms with Gasteiger partial charge in [0.05, 0.1) is 0 Å². The Hall–Kier alpha value is -2.83. The molecule has 0 aliphatic heterocycles. The van der Waals surface area contributed by atoms with E-state index in [2.05, 4.69) is 5.32 Å². The summed E-state index contributed by atoms with van der Waals surface area (Å²) in [4.78, 5) is 24.4. The van der Waals surface area contributed by atoms with Crippen LogP contribution in [-0.4, -0.2) is 30.6 Å². The smallest absolute Gasteiger partial charge is 0.345 e. The molecule has 1 atom stereocenters. The first kappa shape index (κ1) is 18.5. The normalized spacial score (nSPS) is 12.3. The van der Waals surface area contributed by atoms with Crippen molar-refractivity contribution < 1.29 is 22.8 Å². The summed E-state index contributed by atoms with van der Waals surface area (Å²) in [5, 5.41) is 4.32. The van der Waals surface area contributed by atoms with Gasteiger partial charge >= 0.3 is 6.18 Å². The van der Waals surface area contributed by atoms with Crippen molar-refractivity contribution in [1.29, 1.82) is 0 Å². The van der Waals surface area contributed by atoms with E-state index in [1.807, 2.05) is 5.32 Å². The van der Waals surface area contributed by atoms with Gasteiger partial charge in [0.15, 0.2) is 0 Å². The lowest BCUT2D eigenvalue weighted by atomic mass is 10.0. The van der Waals surface area contributed by atoms with Gasteiger partial charge in [-0.15, -0.1) is 0 Å². The molecule has 0 fully saturated rings. The molecule has 0 bridgehead atoms. The summed E-state index contributed by atoms with van der Waals surface area (Å²) in [5.41, 5.74) is 1.05. The van der Waals surface area contributed by atoms with Crippen LogP contribution in [0.3, 0.4) is 0 Å². The van der Waals surface area contributed by atoms with Crippen molar-refractivity contribution in [2.45, 2.75) is 18.6 Å². The van der Waals surface area contributed by atoms with Gasteiger partial charge in [-0.3, -0.25) is 9.59 Å². The number of alkyl halides is 3. The van der Waals surface area contributed by atoms with Crippen LogP contribution in [0.1, 0.15) is 15.9 Å². The van der Waals surface area contributed by atoms with E-state index >= 15 is 0 Å². The summed E-state index contributed by atoms with van der Waals surface area (Å²) in [6.07, 6.45) is -4.43. The molecule has 7 heteroatoms. The maximum absolute atomic E-state index is 12.3. The molecule has 0 spiro atoms. The standard InChI is InChI=1S/C18H17F3N2O2/c19-18(20,21)12-22-17(25)15(11-13-7-3-1-4-8-13)23-16(24)14-9-5-2-6-10-14/h1-10,15H,11-12H2,(H,22,25)(H,23,24). The number of amides is 2. The van der Waals surface area contributed by atoms with Gasteiger partial charge in [0.1, 0.15) is 12.6 Å². The molecule has 2 amide bonds. The summed E-state index contributed by atoms with van der Waals surface area (Å²) in [6, 6.07) is 15.8. The van der Waals surface area contributed by atoms with Gasteiger partial charge in [-0.1, -0.05) is 48.5 Å². The predicted molar refractivity (Wildman–Crippen MR) is 86.9 cm³/mol. The molecule has 2 aromatic rings. The van der Waals surface area contributed by atoms with Gasteiger partial charge in [0.2, 0.25) is 5.91 Å². The number of nitrogens with one attached hydrogen (secondary N) is 2. The minimum absolute atomic E-state index is 0.0864. The van der Waals surface area contributed by atoms with E-state index in [-0.39, 0.29) is 6.42 Å². The fourth-order valence-corrected chi connectivity index (χ4v) is 2.20. The lowest BCUT2D eigenvalue weighted by Crippen LogP contribution is -2.49. The summed E-state index contributed by atoms with van der Waals surface area (Å²) >= 11 is 0. The van der Waals surface area contributed by atoms with Gasteiger partial charge in [0, 0.05) is 12.0 Å². The Bertz CT molecular complexity index is 703. The second-order valence-electron chi connectivity index (χ2n) is 5.41. The molecule has 0 saturated carbocycles. The van der Waals surface area contributed by atoms with Crippen LogP contribution in [0, 0.1) is 0 Å². The first-order chi connectivity index (χ1) is 11.8. The van der Waals surface area contributed by atoms with Crippen LogP contribution in [0.2, 0.25) is 0 Å². The number of benzene rings is 2. The highest BCUT2D eigenvalue weighted by molar-refractivity contribution is 5.97. The Balaban J connectivity index is 2.11. The average Bonchev–Trinajstić information content (AvgIpc) is 2.60. The molecule has 4 nitrogen and oxygen atoms in total. The minimum atomic E-state index is -4.52. The average molecular weight is 350 g/mol. The van der Waals surface area contributed by atoms with Crippen molar-refractivity contribution in [3.8, 4) is 0 Å². The second-order valence-corrected chi connectivity index (χ2v) is 5.41. The fourth-order valence-electron chi connectivity index (χ4n) is 2.20. The van der Waals surface area contributed by atoms with E-state index < -0.39 is 30.6 Å². The van der Waals surface area contributed by atoms with Gasteiger partial charge in [-0.25, -0.2) is 0 Å². The molecule has 0 saturated heterocycles. The van der Waals surface area contributed by atoms with Gasteiger partial charge < -0.3 is 10.6 Å². The minimum Gasteiger partial charge on any atom is -0.345 e. The monoisotopic (exact) mass is 350 g/mol. The highest BCUT2D eigenvalue weighted by Gasteiger charge is 2.30. The Labute approximate surface area is 143 Å². The largest absolute Gasteiger partial charge is 0.405 e. The third-order valence-electron chi connectivity index (χ3n) is 3.40. The van der Waals surface area contributed by atoms with Crippen LogP contribution >= 0.6 is 0 Å². The van der Waals surface area contributed by atoms with Crippen molar-refractivity contribution in [2.75, 3.05) is 6.54 Å². The zero-order chi connectivity index (χ0) is 18.3. The van der Waals surface area contributed by atoms with Crippen molar-refractivity contribution in [1.82, 2.24) is 10.6 Å². The van der Waals surface area contributed by atoms with Crippen LogP contribution in [0.5, 0.6) is 0 Å². The molecule has 2 rings (SSSR count). The Morgan fingerprint density at radius 3 is 2.04 bits per heavy atom. The Morgan fingerprint density at radius 2 is 1.48 bits per heavy atom. The molecule has 0 heterocycles. The first-order valence-electron chi connectivity index (χ1n) is 7.59. The van der Waals surface area contributed by atoms with Gasteiger partial charge in [-0.05, 0) is 17.7 Å². The third-order valence-corrected chi connectivity index (χ3v) is 3.40. The van der Waals surface area contributed by atoms with Crippen LogP contribution < -0.4 is 10.6 Å². The number of rotatable bonds is 6. The highest BCUT2D eigenvalue weighted by Crippen LogP contribution is 2.13. The van der Waals surface area contributed by atoms with Crippen molar-refractivity contribution in [2.24, 2.45) is 0 Å². The topological polar surface area (TPSA) is 58.2 Å². The maximum Gasteiger partial charge on any atom is 0.405 e. The lowest BCUT2D eigenvalue weighted by Gasteiger charge is -2.19. The van der Waals surface area contributed by atoms with Crippen LogP contribution in [0.4, 0.5) is 13.2 Å². The summed E-state index contributed by atoms with van der Waals surface area (Å²) < 4.78 is 37.0. The van der Waals surface area contributed by atoms with Gasteiger partial charge in [0.25, 0.3) is 5.91 Å². The van der Waals surface area contributed by atoms with Crippen molar-refractivity contribution in [3.05, 3.63) is 71.8 Å².